The second kappa shape index (κ2) is 52.9. The number of ether oxygens (including phenoxy) is 7. The SMILES string of the molecule is CCCCCCCCCCCCCCCCCCCC(=O)OCC(COP(=O)(O)OC1C(OC2OC(CO)C(O)C(O)C2O)C(O)C(O)C(O)C1OC1OC(COC(=O)CCCCCCCCCCCCCC)C(O)C(O)C1O)OC(=O)CCCCCCCCCCCCC. The number of carbonyl (C=O) groups excluding carboxylic acids is 3. The third kappa shape index (κ3) is 36.4. The molecule has 18 unspecified atom stereocenters. The summed E-state index contributed by atoms with van der Waals surface area (Å²) >= 11 is 0. The van der Waals surface area contributed by atoms with Crippen molar-refractivity contribution in [2.45, 2.75) is 401 Å². The molecular weight excluding hydrogens is 1260 g/mol. The van der Waals surface area contributed by atoms with Gasteiger partial charge in [-0.1, -0.05) is 258 Å². The molecule has 560 valence electrons. The minimum Gasteiger partial charge on any atom is -0.463 e. The Hall–Kier alpha value is -2.04. The Morgan fingerprint density at radius 3 is 1.03 bits per heavy atom. The molecule has 11 N–H and O–H groups in total. The van der Waals surface area contributed by atoms with Crippen molar-refractivity contribution in [3.8, 4) is 0 Å². The summed E-state index contributed by atoms with van der Waals surface area (Å²) in [6.45, 7) is 3.44. The van der Waals surface area contributed by atoms with Gasteiger partial charge in [-0.3, -0.25) is 23.4 Å². The zero-order valence-electron chi connectivity index (χ0n) is 58.2. The molecule has 24 nitrogen and oxygen atoms in total. The maximum absolute atomic E-state index is 14.3. The van der Waals surface area contributed by atoms with Gasteiger partial charge in [0, 0.05) is 19.3 Å². The molecule has 0 aromatic rings. The first-order valence-electron chi connectivity index (χ1n) is 37.3. The van der Waals surface area contributed by atoms with Crippen molar-refractivity contribution in [3.63, 3.8) is 0 Å². The number of hydrogen-bond donors (Lipinski definition) is 11. The van der Waals surface area contributed by atoms with Gasteiger partial charge in [0.2, 0.25) is 0 Å². The van der Waals surface area contributed by atoms with Gasteiger partial charge in [-0.05, 0) is 19.3 Å². The predicted octanol–water partition coefficient (Wildman–Crippen LogP) is 9.79. The Kier molecular flexibility index (Phi) is 48.5. The fraction of sp³-hybridized carbons (Fsp3) is 0.957. The molecular formula is C70H131O24P. The second-order valence-electron chi connectivity index (χ2n) is 27.0. The van der Waals surface area contributed by atoms with Crippen LogP contribution in [0.1, 0.15) is 297 Å². The highest BCUT2D eigenvalue weighted by molar-refractivity contribution is 7.47. The van der Waals surface area contributed by atoms with Crippen molar-refractivity contribution in [3.05, 3.63) is 0 Å². The van der Waals surface area contributed by atoms with E-state index in [1.54, 1.807) is 0 Å². The zero-order chi connectivity index (χ0) is 69.6. The molecule has 0 bridgehead atoms. The highest BCUT2D eigenvalue weighted by atomic mass is 31.2. The number of hydrogen-bond acceptors (Lipinski definition) is 23. The van der Waals surface area contributed by atoms with E-state index < -0.39 is 156 Å². The lowest BCUT2D eigenvalue weighted by Crippen LogP contribution is -2.69. The average Bonchev–Trinajstić information content (AvgIpc) is 0.763. The van der Waals surface area contributed by atoms with E-state index in [-0.39, 0.29) is 19.3 Å². The first kappa shape index (κ1) is 87.2. The first-order chi connectivity index (χ1) is 45.8. The van der Waals surface area contributed by atoms with Gasteiger partial charge < -0.3 is 89.1 Å². The Balaban J connectivity index is 1.73. The summed E-state index contributed by atoms with van der Waals surface area (Å²) in [5, 5.41) is 110. The molecule has 25 heteroatoms. The van der Waals surface area contributed by atoms with Gasteiger partial charge in [0.25, 0.3) is 0 Å². The van der Waals surface area contributed by atoms with Crippen molar-refractivity contribution < 1.29 is 117 Å². The summed E-state index contributed by atoms with van der Waals surface area (Å²) in [7, 11) is -5.69. The Morgan fingerprint density at radius 2 is 0.674 bits per heavy atom. The van der Waals surface area contributed by atoms with E-state index in [1.165, 1.54) is 148 Å². The lowest BCUT2D eigenvalue weighted by molar-refractivity contribution is -0.360. The van der Waals surface area contributed by atoms with Crippen LogP contribution in [0, 0.1) is 0 Å². The number of aliphatic hydroxyl groups excluding tert-OH is 10. The molecule has 2 saturated heterocycles. The quantitative estimate of drug-likeness (QED) is 0.0117. The molecule has 0 aromatic carbocycles. The summed E-state index contributed by atoms with van der Waals surface area (Å²) in [5.41, 5.74) is 0. The van der Waals surface area contributed by atoms with Crippen molar-refractivity contribution in [2.24, 2.45) is 0 Å². The van der Waals surface area contributed by atoms with E-state index in [2.05, 4.69) is 20.8 Å². The molecule has 0 amide bonds. The highest BCUT2D eigenvalue weighted by Gasteiger charge is 2.58. The van der Waals surface area contributed by atoms with E-state index in [4.69, 9.17) is 42.2 Å². The molecule has 3 rings (SSSR count). The maximum Gasteiger partial charge on any atom is 0.472 e. The standard InChI is InChI=1S/C70H131O24P/c1-4-7-10-13-16-19-22-24-25-26-27-28-31-33-35-38-41-44-54(72)86-48-51(89-56(74)46-43-40-37-34-29-21-18-15-12-9-6-3)49-88-95(84,85)94-68-66(92-69-64(82)59(77)57(75)52(47-71)90-69)62(80)61(79)63(81)67(68)93-70-65(83)60(78)58(76)53(91-70)50-87-55(73)45-42-39-36-32-30-23-20-17-14-11-8-5-2/h51-53,57-71,75-83H,4-50H2,1-3H3,(H,84,85). The molecule has 1 saturated carbocycles. The van der Waals surface area contributed by atoms with Crippen LogP contribution in [0.15, 0.2) is 0 Å². The minimum atomic E-state index is -5.69. The van der Waals surface area contributed by atoms with Crippen LogP contribution in [-0.2, 0) is 61.2 Å². The van der Waals surface area contributed by atoms with Crippen LogP contribution in [0.3, 0.4) is 0 Å². The molecule has 0 radical (unpaired) electrons. The van der Waals surface area contributed by atoms with Crippen molar-refractivity contribution in [1.29, 1.82) is 0 Å². The number of unbranched alkanes of at least 4 members (excludes halogenated alkanes) is 37. The Labute approximate surface area is 568 Å². The van der Waals surface area contributed by atoms with Crippen LogP contribution in [0.25, 0.3) is 0 Å². The third-order valence-electron chi connectivity index (χ3n) is 18.6. The summed E-state index contributed by atoms with van der Waals surface area (Å²) < 4.78 is 64.9. The van der Waals surface area contributed by atoms with Gasteiger partial charge in [-0.25, -0.2) is 4.57 Å². The Bertz CT molecular complexity index is 1980. The topological polar surface area (TPSA) is 374 Å². The third-order valence-corrected chi connectivity index (χ3v) is 19.6. The maximum atomic E-state index is 14.3. The van der Waals surface area contributed by atoms with Crippen LogP contribution in [0.2, 0.25) is 0 Å². The summed E-state index contributed by atoms with van der Waals surface area (Å²) in [5.74, 6) is -1.98. The number of esters is 3. The minimum absolute atomic E-state index is 0.0331. The van der Waals surface area contributed by atoms with Crippen LogP contribution < -0.4 is 0 Å². The van der Waals surface area contributed by atoms with Crippen LogP contribution >= 0.6 is 7.82 Å². The van der Waals surface area contributed by atoms with Gasteiger partial charge in [-0.2, -0.15) is 0 Å². The Morgan fingerprint density at radius 1 is 0.368 bits per heavy atom. The summed E-state index contributed by atoms with van der Waals surface area (Å²) in [6.07, 6.45) is 9.03. The van der Waals surface area contributed by atoms with E-state index in [0.717, 1.165) is 89.9 Å². The zero-order valence-corrected chi connectivity index (χ0v) is 59.1. The smallest absolute Gasteiger partial charge is 0.463 e. The van der Waals surface area contributed by atoms with E-state index in [1.807, 2.05) is 0 Å². The van der Waals surface area contributed by atoms with Crippen LogP contribution in [0.5, 0.6) is 0 Å². The number of rotatable bonds is 58. The van der Waals surface area contributed by atoms with E-state index >= 15 is 0 Å². The van der Waals surface area contributed by atoms with Gasteiger partial charge in [-0.15, -0.1) is 0 Å². The summed E-state index contributed by atoms with van der Waals surface area (Å²) in [6, 6.07) is 0. The number of phosphoric ester groups is 1. The van der Waals surface area contributed by atoms with Gasteiger partial charge in [0.15, 0.2) is 18.7 Å². The fourth-order valence-corrected chi connectivity index (χ4v) is 13.5. The number of phosphoric acid groups is 1. The van der Waals surface area contributed by atoms with Crippen molar-refractivity contribution >= 4 is 25.7 Å². The fourth-order valence-electron chi connectivity index (χ4n) is 12.5. The molecule has 95 heavy (non-hydrogen) atoms. The average molecular weight is 1390 g/mol. The summed E-state index contributed by atoms with van der Waals surface area (Å²) in [4.78, 5) is 50.9. The second-order valence-corrected chi connectivity index (χ2v) is 28.4. The largest absolute Gasteiger partial charge is 0.472 e. The van der Waals surface area contributed by atoms with Crippen molar-refractivity contribution in [2.75, 3.05) is 26.4 Å². The van der Waals surface area contributed by atoms with E-state index in [0.29, 0.717) is 19.3 Å². The number of carbonyl (C=O) groups is 3. The monoisotopic (exact) mass is 1390 g/mol. The molecule has 2 heterocycles. The predicted molar refractivity (Wildman–Crippen MR) is 356 cm³/mol. The molecule has 3 aliphatic rings. The van der Waals surface area contributed by atoms with Gasteiger partial charge in [0.05, 0.1) is 13.2 Å². The normalized spacial score (nSPS) is 28.1. The molecule has 2 aliphatic heterocycles. The molecule has 0 spiro atoms. The van der Waals surface area contributed by atoms with Crippen LogP contribution in [0.4, 0.5) is 0 Å². The molecule has 3 fully saturated rings. The van der Waals surface area contributed by atoms with E-state index in [9.17, 15) is 74.9 Å². The molecule has 18 atom stereocenters. The lowest BCUT2D eigenvalue weighted by Gasteiger charge is -2.49. The highest BCUT2D eigenvalue weighted by Crippen LogP contribution is 2.49. The van der Waals surface area contributed by atoms with Gasteiger partial charge >= 0.3 is 25.7 Å². The van der Waals surface area contributed by atoms with Crippen molar-refractivity contribution in [1.82, 2.24) is 0 Å². The molecule has 0 aromatic heterocycles. The first-order valence-corrected chi connectivity index (χ1v) is 38.8. The lowest BCUT2D eigenvalue weighted by atomic mass is 9.84. The van der Waals surface area contributed by atoms with Gasteiger partial charge in [0.1, 0.15) is 98.7 Å². The number of aliphatic hydroxyl groups is 10. The molecule has 1 aliphatic carbocycles. The van der Waals surface area contributed by atoms with Crippen LogP contribution in [-0.4, -0.2) is 204 Å².